The molecule has 1 amide bonds. The number of aromatic nitrogens is 4. The van der Waals surface area contributed by atoms with Crippen molar-refractivity contribution in [3.05, 3.63) is 59.4 Å². The Morgan fingerprint density at radius 3 is 2.60 bits per heavy atom. The first-order valence-corrected chi connectivity index (χ1v) is 9.95. The molecule has 0 radical (unpaired) electrons. The topological polar surface area (TPSA) is 91.2 Å². The maximum atomic E-state index is 13.0. The van der Waals surface area contributed by atoms with Crippen molar-refractivity contribution in [1.82, 2.24) is 25.3 Å². The number of hydrogen-bond acceptors (Lipinski definition) is 6. The molecule has 158 valence electrons. The van der Waals surface area contributed by atoms with Crippen LogP contribution in [0.15, 0.2) is 42.6 Å². The van der Waals surface area contributed by atoms with E-state index in [9.17, 15) is 4.79 Å². The number of amides is 1. The van der Waals surface area contributed by atoms with E-state index in [1.807, 2.05) is 52.0 Å². The van der Waals surface area contributed by atoms with E-state index >= 15 is 0 Å². The second kappa shape index (κ2) is 9.39. The lowest BCUT2D eigenvalue weighted by molar-refractivity contribution is 0.0938. The molecule has 1 atom stereocenters. The van der Waals surface area contributed by atoms with Gasteiger partial charge in [0.2, 0.25) is 5.88 Å². The van der Waals surface area contributed by atoms with E-state index in [4.69, 9.17) is 9.47 Å². The number of carbonyl (C=O) groups excluding carboxylic acids is 1. The highest BCUT2D eigenvalue weighted by atomic mass is 16.5. The van der Waals surface area contributed by atoms with Gasteiger partial charge in [0.25, 0.3) is 5.91 Å². The number of hydrogen-bond donors (Lipinski definition) is 1. The van der Waals surface area contributed by atoms with Crippen LogP contribution in [0.25, 0.3) is 5.82 Å². The van der Waals surface area contributed by atoms with E-state index in [1.165, 1.54) is 7.11 Å². The van der Waals surface area contributed by atoms with Gasteiger partial charge in [0.15, 0.2) is 5.82 Å². The first-order valence-electron chi connectivity index (χ1n) is 9.95. The molecule has 8 heteroatoms. The van der Waals surface area contributed by atoms with Crippen molar-refractivity contribution < 1.29 is 14.3 Å². The summed E-state index contributed by atoms with van der Waals surface area (Å²) in [6.45, 7) is 7.87. The third-order valence-electron chi connectivity index (χ3n) is 4.58. The smallest absolute Gasteiger partial charge is 0.255 e. The second-order valence-electron chi connectivity index (χ2n) is 7.14. The van der Waals surface area contributed by atoms with Crippen LogP contribution in [-0.2, 0) is 6.42 Å². The third-order valence-corrected chi connectivity index (χ3v) is 4.58. The number of rotatable bonds is 8. The molecule has 0 aliphatic heterocycles. The molecule has 0 fully saturated rings. The summed E-state index contributed by atoms with van der Waals surface area (Å²) in [5, 5.41) is 15.5. The van der Waals surface area contributed by atoms with Gasteiger partial charge in [-0.15, -0.1) is 10.2 Å². The molecular weight excluding hydrogens is 382 g/mol. The molecule has 0 unspecified atom stereocenters. The van der Waals surface area contributed by atoms with Crippen LogP contribution in [0, 0.1) is 0 Å². The summed E-state index contributed by atoms with van der Waals surface area (Å²) in [5.41, 5.74) is 2.24. The van der Waals surface area contributed by atoms with E-state index in [-0.39, 0.29) is 18.1 Å². The zero-order chi connectivity index (χ0) is 21.7. The van der Waals surface area contributed by atoms with Crippen molar-refractivity contribution in [3.8, 4) is 17.4 Å². The van der Waals surface area contributed by atoms with E-state index in [0.29, 0.717) is 23.7 Å². The average Bonchev–Trinajstić information content (AvgIpc) is 3.17. The van der Waals surface area contributed by atoms with Crippen molar-refractivity contribution in [2.45, 2.75) is 46.3 Å². The molecular formula is C22H27N5O3. The van der Waals surface area contributed by atoms with Crippen molar-refractivity contribution in [1.29, 1.82) is 0 Å². The van der Waals surface area contributed by atoms with Crippen LogP contribution in [0.5, 0.6) is 11.6 Å². The first kappa shape index (κ1) is 21.3. The van der Waals surface area contributed by atoms with Crippen molar-refractivity contribution >= 4 is 5.91 Å². The Morgan fingerprint density at radius 1 is 1.17 bits per heavy atom. The molecule has 2 heterocycles. The molecule has 3 rings (SSSR count). The fourth-order valence-corrected chi connectivity index (χ4v) is 3.12. The zero-order valence-corrected chi connectivity index (χ0v) is 17.9. The lowest BCUT2D eigenvalue weighted by Gasteiger charge is -2.17. The predicted octanol–water partition coefficient (Wildman–Crippen LogP) is 3.51. The highest BCUT2D eigenvalue weighted by Crippen LogP contribution is 2.21. The lowest BCUT2D eigenvalue weighted by atomic mass is 10.1. The fourth-order valence-electron chi connectivity index (χ4n) is 3.12. The monoisotopic (exact) mass is 409 g/mol. The maximum absolute atomic E-state index is 13.0. The Morgan fingerprint density at radius 2 is 1.97 bits per heavy atom. The van der Waals surface area contributed by atoms with E-state index in [0.717, 1.165) is 17.0 Å². The summed E-state index contributed by atoms with van der Waals surface area (Å²) in [4.78, 5) is 13.0. The molecule has 3 aromatic rings. The molecule has 30 heavy (non-hydrogen) atoms. The summed E-state index contributed by atoms with van der Waals surface area (Å²) in [5.74, 6) is 1.53. The van der Waals surface area contributed by atoms with Gasteiger partial charge in [-0.25, -0.2) is 4.68 Å². The van der Waals surface area contributed by atoms with Crippen LogP contribution in [0.4, 0.5) is 0 Å². The van der Waals surface area contributed by atoms with E-state index in [1.54, 1.807) is 23.0 Å². The number of benzene rings is 1. The molecule has 0 saturated heterocycles. The molecule has 0 saturated carbocycles. The molecule has 0 aliphatic rings. The van der Waals surface area contributed by atoms with Gasteiger partial charge in [0.1, 0.15) is 5.75 Å². The van der Waals surface area contributed by atoms with Crippen molar-refractivity contribution in [2.24, 2.45) is 0 Å². The Balaban J connectivity index is 1.79. The van der Waals surface area contributed by atoms with Gasteiger partial charge in [-0.3, -0.25) is 4.79 Å². The second-order valence-corrected chi connectivity index (χ2v) is 7.14. The van der Waals surface area contributed by atoms with Crippen LogP contribution in [0.2, 0.25) is 0 Å². The summed E-state index contributed by atoms with van der Waals surface area (Å²) >= 11 is 0. The van der Waals surface area contributed by atoms with E-state index < -0.39 is 0 Å². The molecule has 1 N–H and O–H groups in total. The average molecular weight is 409 g/mol. The van der Waals surface area contributed by atoms with Crippen LogP contribution < -0.4 is 14.8 Å². The zero-order valence-electron chi connectivity index (χ0n) is 17.9. The fraction of sp³-hybridized carbons (Fsp3) is 0.364. The quantitative estimate of drug-likeness (QED) is 0.612. The molecule has 1 aromatic carbocycles. The van der Waals surface area contributed by atoms with Gasteiger partial charge in [-0.2, -0.15) is 5.10 Å². The molecule has 0 aliphatic carbocycles. The minimum Gasteiger partial charge on any atom is -0.491 e. The predicted molar refractivity (Wildman–Crippen MR) is 113 cm³/mol. The third kappa shape index (κ3) is 4.76. The van der Waals surface area contributed by atoms with Gasteiger partial charge >= 0.3 is 0 Å². The number of carbonyl (C=O) groups is 1. The first-order chi connectivity index (χ1) is 14.4. The molecule has 8 nitrogen and oxygen atoms in total. The summed E-state index contributed by atoms with van der Waals surface area (Å²) < 4.78 is 12.4. The molecule has 0 bridgehead atoms. The normalized spacial score (nSPS) is 11.9. The highest BCUT2D eigenvalue weighted by Gasteiger charge is 2.20. The SMILES string of the molecule is CCc1c(C(=O)N[C@H](C)c2cccc(OC(C)C)c2)cnn1-c1ccc(OC)nn1. The largest absolute Gasteiger partial charge is 0.491 e. The van der Waals surface area contributed by atoms with Crippen LogP contribution >= 0.6 is 0 Å². The van der Waals surface area contributed by atoms with E-state index in [2.05, 4.69) is 20.6 Å². The molecule has 0 spiro atoms. The maximum Gasteiger partial charge on any atom is 0.255 e. The van der Waals surface area contributed by atoms with Gasteiger partial charge in [0, 0.05) is 6.07 Å². The number of methoxy groups -OCH3 is 1. The van der Waals surface area contributed by atoms with Gasteiger partial charge < -0.3 is 14.8 Å². The van der Waals surface area contributed by atoms with Crippen molar-refractivity contribution in [3.63, 3.8) is 0 Å². The number of nitrogens with one attached hydrogen (secondary N) is 1. The van der Waals surface area contributed by atoms with Crippen LogP contribution in [0.1, 0.15) is 55.4 Å². The summed E-state index contributed by atoms with van der Waals surface area (Å²) in [6.07, 6.45) is 2.26. The minimum absolute atomic E-state index is 0.0872. The summed E-state index contributed by atoms with van der Waals surface area (Å²) in [7, 11) is 1.53. The van der Waals surface area contributed by atoms with Crippen LogP contribution in [0.3, 0.4) is 0 Å². The standard InChI is InChI=1S/C22H27N5O3/c1-6-19-18(13-23-27(19)20-10-11-21(29-5)26-25-20)22(28)24-15(4)16-8-7-9-17(12-16)30-14(2)3/h7-15H,6H2,1-5H3,(H,24,28)/t15-/m1/s1. The Hall–Kier alpha value is -3.42. The Bertz CT molecular complexity index is 998. The summed E-state index contributed by atoms with van der Waals surface area (Å²) in [6, 6.07) is 11.0. The highest BCUT2D eigenvalue weighted by molar-refractivity contribution is 5.95. The van der Waals surface area contributed by atoms with Gasteiger partial charge in [-0.05, 0) is 51.0 Å². The van der Waals surface area contributed by atoms with Gasteiger partial charge in [-0.1, -0.05) is 19.1 Å². The minimum atomic E-state index is -0.193. The number of ether oxygens (including phenoxy) is 2. The van der Waals surface area contributed by atoms with Gasteiger partial charge in [0.05, 0.1) is 36.7 Å². The Kier molecular flexibility index (Phi) is 6.66. The lowest BCUT2D eigenvalue weighted by Crippen LogP contribution is -2.27. The van der Waals surface area contributed by atoms with Crippen LogP contribution in [-0.4, -0.2) is 39.1 Å². The van der Waals surface area contributed by atoms with Crippen molar-refractivity contribution in [2.75, 3.05) is 7.11 Å². The number of nitrogens with zero attached hydrogens (tertiary/aromatic N) is 4. The molecule has 2 aromatic heterocycles. The Labute approximate surface area is 176 Å².